The maximum absolute atomic E-state index is 13.3. The molecule has 3 aromatic rings. The van der Waals surface area contributed by atoms with Crippen LogP contribution in [0.2, 0.25) is 0 Å². The van der Waals surface area contributed by atoms with Gasteiger partial charge in [0.25, 0.3) is 5.91 Å². The molecule has 0 bridgehead atoms. The van der Waals surface area contributed by atoms with Gasteiger partial charge in [-0.25, -0.2) is 0 Å². The van der Waals surface area contributed by atoms with Gasteiger partial charge < -0.3 is 4.74 Å². The van der Waals surface area contributed by atoms with E-state index < -0.39 is 6.10 Å². The van der Waals surface area contributed by atoms with Crippen LogP contribution in [0.5, 0.6) is 0 Å². The van der Waals surface area contributed by atoms with Gasteiger partial charge in [0, 0.05) is 24.9 Å². The first-order valence-electron chi connectivity index (χ1n) is 9.95. The molecule has 0 N–H and O–H groups in total. The molecule has 3 heteroatoms. The van der Waals surface area contributed by atoms with Crippen molar-refractivity contribution in [2.45, 2.75) is 25.4 Å². The van der Waals surface area contributed by atoms with Gasteiger partial charge in [-0.3, -0.25) is 9.69 Å². The fourth-order valence-corrected chi connectivity index (χ4v) is 3.23. The van der Waals surface area contributed by atoms with Crippen molar-refractivity contribution in [2.24, 2.45) is 0 Å². The van der Waals surface area contributed by atoms with Crippen LogP contribution in [0.15, 0.2) is 103 Å². The average molecular weight is 386 g/mol. The maximum Gasteiger partial charge on any atom is 0.260 e. The van der Waals surface area contributed by atoms with Crippen LogP contribution in [0.3, 0.4) is 0 Å². The maximum atomic E-state index is 13.3. The summed E-state index contributed by atoms with van der Waals surface area (Å²) in [6.45, 7) is 0. The molecule has 3 rings (SSSR count). The van der Waals surface area contributed by atoms with Gasteiger partial charge in [-0.1, -0.05) is 78.9 Å². The number of para-hydroxylation sites is 2. The molecule has 1 atom stereocenters. The van der Waals surface area contributed by atoms with Crippen LogP contribution >= 0.6 is 0 Å². The van der Waals surface area contributed by atoms with E-state index >= 15 is 0 Å². The topological polar surface area (TPSA) is 29.5 Å². The number of nitrogens with zero attached hydrogens (tertiary/aromatic N) is 1. The van der Waals surface area contributed by atoms with E-state index in [1.54, 1.807) is 12.0 Å². The summed E-state index contributed by atoms with van der Waals surface area (Å²) in [5, 5.41) is 0. The molecule has 0 aliphatic heterocycles. The van der Waals surface area contributed by atoms with Crippen molar-refractivity contribution >= 4 is 17.3 Å². The molecule has 29 heavy (non-hydrogen) atoms. The van der Waals surface area contributed by atoms with Crippen molar-refractivity contribution in [3.8, 4) is 0 Å². The summed E-state index contributed by atoms with van der Waals surface area (Å²) in [4.78, 5) is 15.1. The molecule has 0 aromatic heterocycles. The third-order valence-electron chi connectivity index (χ3n) is 4.77. The fraction of sp³-hybridized carbons (Fsp3) is 0.192. The second-order valence-corrected chi connectivity index (χ2v) is 6.80. The number of anilines is 2. The Kier molecular flexibility index (Phi) is 7.79. The molecule has 1 amide bonds. The Morgan fingerprint density at radius 1 is 0.828 bits per heavy atom. The van der Waals surface area contributed by atoms with Gasteiger partial charge in [0.1, 0.15) is 6.10 Å². The number of rotatable bonds is 9. The minimum absolute atomic E-state index is 0.0717. The Morgan fingerprint density at radius 2 is 1.34 bits per heavy atom. The highest BCUT2D eigenvalue weighted by molar-refractivity contribution is 6.03. The Balaban J connectivity index is 1.67. The molecule has 0 saturated carbocycles. The van der Waals surface area contributed by atoms with Crippen LogP contribution in [0.4, 0.5) is 11.4 Å². The van der Waals surface area contributed by atoms with Crippen molar-refractivity contribution in [1.29, 1.82) is 0 Å². The molecule has 0 radical (unpaired) electrons. The molecule has 148 valence electrons. The average Bonchev–Trinajstić information content (AvgIpc) is 2.78. The molecule has 0 fully saturated rings. The van der Waals surface area contributed by atoms with Crippen LogP contribution < -0.4 is 4.90 Å². The lowest BCUT2D eigenvalue weighted by molar-refractivity contribution is -0.127. The summed E-state index contributed by atoms with van der Waals surface area (Å²) in [6, 6.07) is 29.8. The second kappa shape index (κ2) is 11.0. The van der Waals surface area contributed by atoms with Crippen molar-refractivity contribution < 1.29 is 9.53 Å². The lowest BCUT2D eigenvalue weighted by Gasteiger charge is -2.26. The zero-order valence-electron chi connectivity index (χ0n) is 16.8. The lowest BCUT2D eigenvalue weighted by atomic mass is 10.1. The summed E-state index contributed by atoms with van der Waals surface area (Å²) >= 11 is 0. The summed E-state index contributed by atoms with van der Waals surface area (Å²) < 4.78 is 5.56. The van der Waals surface area contributed by atoms with Crippen molar-refractivity contribution in [1.82, 2.24) is 0 Å². The van der Waals surface area contributed by atoms with E-state index in [-0.39, 0.29) is 5.91 Å². The summed E-state index contributed by atoms with van der Waals surface area (Å²) in [5.41, 5.74) is 2.98. The first-order chi connectivity index (χ1) is 14.3. The van der Waals surface area contributed by atoms with Gasteiger partial charge in [-0.05, 0) is 42.7 Å². The smallest absolute Gasteiger partial charge is 0.260 e. The van der Waals surface area contributed by atoms with Crippen molar-refractivity contribution in [2.75, 3.05) is 12.0 Å². The van der Waals surface area contributed by atoms with E-state index in [9.17, 15) is 4.79 Å². The van der Waals surface area contributed by atoms with Crippen molar-refractivity contribution in [3.63, 3.8) is 0 Å². The number of amides is 1. The third kappa shape index (κ3) is 5.90. The summed E-state index contributed by atoms with van der Waals surface area (Å²) in [6.07, 6.45) is 6.10. The summed E-state index contributed by atoms with van der Waals surface area (Å²) in [5.74, 6) is -0.0717. The van der Waals surface area contributed by atoms with Gasteiger partial charge in [0.05, 0.1) is 0 Å². The molecule has 3 aromatic carbocycles. The van der Waals surface area contributed by atoms with Crippen LogP contribution in [-0.4, -0.2) is 19.1 Å². The van der Waals surface area contributed by atoms with E-state index in [0.29, 0.717) is 6.42 Å². The van der Waals surface area contributed by atoms with E-state index in [0.717, 1.165) is 24.2 Å². The molecule has 3 nitrogen and oxygen atoms in total. The molecular formula is C26H27NO2. The highest BCUT2D eigenvalue weighted by Gasteiger charge is 2.25. The van der Waals surface area contributed by atoms with Crippen LogP contribution in [0.25, 0.3) is 0 Å². The number of carbonyl (C=O) groups excluding carboxylic acids is 1. The third-order valence-corrected chi connectivity index (χ3v) is 4.77. The molecule has 0 unspecified atom stereocenters. The van der Waals surface area contributed by atoms with E-state index in [1.165, 1.54) is 5.56 Å². The minimum Gasteiger partial charge on any atom is -0.371 e. The highest BCUT2D eigenvalue weighted by atomic mass is 16.5. The first kappa shape index (κ1) is 20.6. The van der Waals surface area contributed by atoms with Crippen LogP contribution in [0.1, 0.15) is 18.4 Å². The monoisotopic (exact) mass is 385 g/mol. The van der Waals surface area contributed by atoms with Crippen LogP contribution in [-0.2, 0) is 16.0 Å². The van der Waals surface area contributed by atoms with Crippen LogP contribution in [0, 0.1) is 0 Å². The van der Waals surface area contributed by atoms with Gasteiger partial charge in [-0.15, -0.1) is 0 Å². The largest absolute Gasteiger partial charge is 0.371 e. The number of methoxy groups -OCH3 is 1. The zero-order valence-corrected chi connectivity index (χ0v) is 16.8. The molecule has 0 saturated heterocycles. The Hall–Kier alpha value is -3.17. The standard InChI is InChI=1S/C26H27NO2/c1-29-25(21-13-3-8-16-22-14-6-2-7-15-22)26(28)27(23-17-9-4-10-18-23)24-19-11-5-12-20-24/h2-7,9-15,17-20,25H,8,16,21H2,1H3/b13-3+/t25-/m0/s1. The van der Waals surface area contributed by atoms with Crippen molar-refractivity contribution in [3.05, 3.63) is 109 Å². The van der Waals surface area contributed by atoms with Gasteiger partial charge in [-0.2, -0.15) is 0 Å². The Labute approximate surface area is 173 Å². The second-order valence-electron chi connectivity index (χ2n) is 6.80. The highest BCUT2D eigenvalue weighted by Crippen LogP contribution is 2.26. The molecule has 0 heterocycles. The number of benzene rings is 3. The zero-order chi connectivity index (χ0) is 20.3. The number of carbonyl (C=O) groups is 1. The van der Waals surface area contributed by atoms with E-state index in [4.69, 9.17) is 4.74 Å². The van der Waals surface area contributed by atoms with Gasteiger partial charge >= 0.3 is 0 Å². The Bertz CT molecular complexity index is 852. The molecule has 0 aliphatic carbocycles. The number of hydrogen-bond donors (Lipinski definition) is 0. The van der Waals surface area contributed by atoms with Gasteiger partial charge in [0.2, 0.25) is 0 Å². The SMILES string of the molecule is CO[C@@H](C/C=C/CCc1ccccc1)C(=O)N(c1ccccc1)c1ccccc1. The van der Waals surface area contributed by atoms with E-state index in [2.05, 4.69) is 30.3 Å². The number of allylic oxidation sites excluding steroid dienone is 1. The van der Waals surface area contributed by atoms with Gasteiger partial charge in [0.15, 0.2) is 0 Å². The minimum atomic E-state index is -0.539. The molecule has 0 aliphatic rings. The lowest BCUT2D eigenvalue weighted by Crippen LogP contribution is -2.37. The molecular weight excluding hydrogens is 358 g/mol. The first-order valence-corrected chi connectivity index (χ1v) is 9.95. The predicted octanol–water partition coefficient (Wildman–Crippen LogP) is 5.95. The molecule has 0 spiro atoms. The quantitative estimate of drug-likeness (QED) is 0.426. The normalized spacial score (nSPS) is 12.0. The predicted molar refractivity (Wildman–Crippen MR) is 119 cm³/mol. The number of ether oxygens (including phenoxy) is 1. The summed E-state index contributed by atoms with van der Waals surface area (Å²) in [7, 11) is 1.59. The number of aryl methyl sites for hydroxylation is 1. The Morgan fingerprint density at radius 3 is 1.86 bits per heavy atom. The van der Waals surface area contributed by atoms with E-state index in [1.807, 2.05) is 72.8 Å². The number of hydrogen-bond acceptors (Lipinski definition) is 2. The fourth-order valence-electron chi connectivity index (χ4n) is 3.23.